The maximum Gasteiger partial charge on any atom is 0.264 e. The van der Waals surface area contributed by atoms with Crippen molar-refractivity contribution in [1.29, 1.82) is 0 Å². The number of anilines is 2. The van der Waals surface area contributed by atoms with Gasteiger partial charge in [-0.15, -0.1) is 0 Å². The molecule has 10 heteroatoms. The molecule has 0 saturated heterocycles. The molecule has 0 fully saturated rings. The van der Waals surface area contributed by atoms with Crippen molar-refractivity contribution in [3.05, 3.63) is 69.5 Å². The van der Waals surface area contributed by atoms with Crippen molar-refractivity contribution in [2.75, 3.05) is 10.0 Å². The van der Waals surface area contributed by atoms with Gasteiger partial charge in [0, 0.05) is 34.2 Å². The third kappa shape index (κ3) is 5.29. The molecule has 3 rings (SSSR count). The zero-order chi connectivity index (χ0) is 21.2. The van der Waals surface area contributed by atoms with Crippen LogP contribution in [0, 0.1) is 13.8 Å². The van der Waals surface area contributed by atoms with Gasteiger partial charge >= 0.3 is 0 Å². The number of halogens is 2. The van der Waals surface area contributed by atoms with Gasteiger partial charge in [-0.05, 0) is 56.3 Å². The van der Waals surface area contributed by atoms with Crippen LogP contribution in [0.2, 0.25) is 10.0 Å². The summed E-state index contributed by atoms with van der Waals surface area (Å²) in [5.74, 6) is -0.0292. The van der Waals surface area contributed by atoms with Crippen molar-refractivity contribution >= 4 is 44.9 Å². The Morgan fingerprint density at radius 1 is 1.00 bits per heavy atom. The Labute approximate surface area is 178 Å². The molecule has 0 amide bonds. The van der Waals surface area contributed by atoms with Crippen molar-refractivity contribution < 1.29 is 13.5 Å². The molecule has 29 heavy (non-hydrogen) atoms. The van der Waals surface area contributed by atoms with E-state index >= 15 is 0 Å². The number of hydrogen-bond donors (Lipinski definition) is 3. The molecule has 0 unspecified atom stereocenters. The van der Waals surface area contributed by atoms with Crippen molar-refractivity contribution in [2.45, 2.75) is 25.3 Å². The molecule has 0 bridgehead atoms. The molecule has 3 aromatic rings. The minimum Gasteiger partial charge on any atom is -0.506 e. The van der Waals surface area contributed by atoms with Gasteiger partial charge in [0.2, 0.25) is 5.95 Å². The number of aromatic nitrogens is 2. The topological polar surface area (TPSA) is 104 Å². The number of phenols is 1. The Bertz CT molecular complexity index is 1130. The van der Waals surface area contributed by atoms with E-state index in [-0.39, 0.29) is 28.2 Å². The SMILES string of the molecule is Cc1cc(C)nc(NS(=O)(=O)c2ccc(NCc3cc(Cl)cc(Cl)c3O)cc2)n1. The number of hydrogen-bond acceptors (Lipinski definition) is 6. The van der Waals surface area contributed by atoms with Gasteiger partial charge in [0.25, 0.3) is 10.0 Å². The first-order valence-corrected chi connectivity index (χ1v) is 10.7. The summed E-state index contributed by atoms with van der Waals surface area (Å²) in [6.07, 6.45) is 0. The quantitative estimate of drug-likeness (QED) is 0.507. The number of sulfonamides is 1. The second-order valence-corrected chi connectivity index (χ2v) is 8.88. The molecule has 0 aliphatic carbocycles. The van der Waals surface area contributed by atoms with Crippen LogP contribution < -0.4 is 10.0 Å². The van der Waals surface area contributed by atoms with E-state index in [2.05, 4.69) is 20.0 Å². The summed E-state index contributed by atoms with van der Waals surface area (Å²) in [4.78, 5) is 8.25. The van der Waals surface area contributed by atoms with Crippen LogP contribution in [0.15, 0.2) is 47.4 Å². The number of benzene rings is 2. The number of nitrogens with zero attached hydrogens (tertiary/aromatic N) is 2. The predicted octanol–water partition coefficient (Wildman–Crippen LogP) is 4.52. The zero-order valence-electron chi connectivity index (χ0n) is 15.6. The van der Waals surface area contributed by atoms with Crippen molar-refractivity contribution in [2.24, 2.45) is 0 Å². The minimum atomic E-state index is -3.83. The molecule has 152 valence electrons. The highest BCUT2D eigenvalue weighted by Gasteiger charge is 2.16. The first-order valence-electron chi connectivity index (χ1n) is 8.50. The Kier molecular flexibility index (Phi) is 6.16. The molecule has 3 N–H and O–H groups in total. The summed E-state index contributed by atoms with van der Waals surface area (Å²) in [5.41, 5.74) is 2.51. The van der Waals surface area contributed by atoms with Crippen LogP contribution in [0.1, 0.15) is 17.0 Å². The van der Waals surface area contributed by atoms with Gasteiger partial charge in [-0.2, -0.15) is 0 Å². The molecular formula is C19H18Cl2N4O3S. The smallest absolute Gasteiger partial charge is 0.264 e. The van der Waals surface area contributed by atoms with Crippen LogP contribution in [0.5, 0.6) is 5.75 Å². The molecule has 0 atom stereocenters. The van der Waals surface area contributed by atoms with Gasteiger partial charge in [0.15, 0.2) is 0 Å². The lowest BCUT2D eigenvalue weighted by atomic mass is 10.2. The summed E-state index contributed by atoms with van der Waals surface area (Å²) in [7, 11) is -3.83. The van der Waals surface area contributed by atoms with Crippen LogP contribution in [0.25, 0.3) is 0 Å². The Hall–Kier alpha value is -2.55. The predicted molar refractivity (Wildman–Crippen MR) is 114 cm³/mol. The molecule has 1 heterocycles. The van der Waals surface area contributed by atoms with Crippen molar-refractivity contribution in [3.63, 3.8) is 0 Å². The number of aryl methyl sites for hydroxylation is 2. The average Bonchev–Trinajstić information content (AvgIpc) is 2.62. The average molecular weight is 453 g/mol. The van der Waals surface area contributed by atoms with E-state index in [1.54, 1.807) is 38.1 Å². The van der Waals surface area contributed by atoms with Gasteiger partial charge < -0.3 is 10.4 Å². The Morgan fingerprint density at radius 2 is 1.62 bits per heavy atom. The van der Waals surface area contributed by atoms with Gasteiger partial charge in [0.1, 0.15) is 5.75 Å². The summed E-state index contributed by atoms with van der Waals surface area (Å²) in [5, 5.41) is 13.7. The van der Waals surface area contributed by atoms with E-state index in [1.165, 1.54) is 18.2 Å². The monoisotopic (exact) mass is 452 g/mol. The molecule has 7 nitrogen and oxygen atoms in total. The summed E-state index contributed by atoms with van der Waals surface area (Å²) in [6, 6.07) is 10.9. The number of phenolic OH excluding ortho intramolecular Hbond substituents is 1. The molecule has 0 saturated carbocycles. The molecule has 1 aromatic heterocycles. The van der Waals surface area contributed by atoms with Gasteiger partial charge in [-0.1, -0.05) is 23.2 Å². The van der Waals surface area contributed by atoms with E-state index in [0.29, 0.717) is 27.7 Å². The maximum atomic E-state index is 12.6. The minimum absolute atomic E-state index is 0.0259. The third-order valence-electron chi connectivity index (χ3n) is 3.96. The number of aromatic hydroxyl groups is 1. The lowest BCUT2D eigenvalue weighted by Gasteiger charge is -2.11. The lowest BCUT2D eigenvalue weighted by molar-refractivity contribution is 0.469. The maximum absolute atomic E-state index is 12.6. The molecule has 2 aromatic carbocycles. The highest BCUT2D eigenvalue weighted by molar-refractivity contribution is 7.92. The number of rotatable bonds is 6. The standard InChI is InChI=1S/C19H18Cl2N4O3S/c1-11-7-12(2)24-19(23-11)25-29(27,28)16-5-3-15(4-6-16)22-10-13-8-14(20)9-17(21)18(13)26/h3-9,22,26H,10H2,1-2H3,(H,23,24,25). The molecule has 0 aliphatic heterocycles. The summed E-state index contributed by atoms with van der Waals surface area (Å²) in [6.45, 7) is 3.78. The second kappa shape index (κ2) is 8.44. The lowest BCUT2D eigenvalue weighted by Crippen LogP contribution is -2.15. The normalized spacial score (nSPS) is 11.3. The fourth-order valence-corrected chi connectivity index (χ4v) is 4.13. The number of nitrogens with one attached hydrogen (secondary N) is 2. The van der Waals surface area contributed by atoms with Crippen LogP contribution in [0.3, 0.4) is 0 Å². The van der Waals surface area contributed by atoms with E-state index in [4.69, 9.17) is 23.2 Å². The van der Waals surface area contributed by atoms with E-state index in [9.17, 15) is 13.5 Å². The van der Waals surface area contributed by atoms with Gasteiger partial charge in [-0.25, -0.2) is 23.1 Å². The van der Waals surface area contributed by atoms with Crippen molar-refractivity contribution in [3.8, 4) is 5.75 Å². The van der Waals surface area contributed by atoms with Crippen LogP contribution >= 0.6 is 23.2 Å². The highest BCUT2D eigenvalue weighted by Crippen LogP contribution is 2.31. The summed E-state index contributed by atoms with van der Waals surface area (Å²) >= 11 is 11.9. The van der Waals surface area contributed by atoms with E-state index < -0.39 is 10.0 Å². The fourth-order valence-electron chi connectivity index (χ4n) is 2.65. The fraction of sp³-hybridized carbons (Fsp3) is 0.158. The largest absolute Gasteiger partial charge is 0.506 e. The second-order valence-electron chi connectivity index (χ2n) is 6.35. The summed E-state index contributed by atoms with van der Waals surface area (Å²) < 4.78 is 27.5. The third-order valence-corrected chi connectivity index (χ3v) is 5.81. The zero-order valence-corrected chi connectivity index (χ0v) is 17.9. The first kappa shape index (κ1) is 21.2. The molecule has 0 spiro atoms. The molecular weight excluding hydrogens is 435 g/mol. The molecule has 0 aliphatic rings. The van der Waals surface area contributed by atoms with Crippen molar-refractivity contribution in [1.82, 2.24) is 9.97 Å². The first-order chi connectivity index (χ1) is 13.6. The Morgan fingerprint density at radius 3 is 2.24 bits per heavy atom. The molecule has 0 radical (unpaired) electrons. The van der Waals surface area contributed by atoms with Gasteiger partial charge in [0.05, 0.1) is 9.92 Å². The van der Waals surface area contributed by atoms with Crippen LogP contribution in [-0.2, 0) is 16.6 Å². The van der Waals surface area contributed by atoms with E-state index in [1.807, 2.05) is 0 Å². The van der Waals surface area contributed by atoms with Crippen LogP contribution in [0.4, 0.5) is 11.6 Å². The Balaban J connectivity index is 1.72. The van der Waals surface area contributed by atoms with Gasteiger partial charge in [-0.3, -0.25) is 0 Å². The van der Waals surface area contributed by atoms with Crippen LogP contribution in [-0.4, -0.2) is 23.5 Å². The van der Waals surface area contributed by atoms with E-state index in [0.717, 1.165) is 0 Å². The highest BCUT2D eigenvalue weighted by atomic mass is 35.5.